The molecule has 1 atom stereocenters. The highest BCUT2D eigenvalue weighted by Gasteiger charge is 2.15. The number of nitrogens with two attached hydrogens (primary N) is 1. The van der Waals surface area contributed by atoms with Crippen LogP contribution in [-0.2, 0) is 11.2 Å². The number of rotatable bonds is 10. The van der Waals surface area contributed by atoms with E-state index in [1.54, 1.807) is 45.2 Å². The highest BCUT2D eigenvalue weighted by atomic mass is 32.2. The summed E-state index contributed by atoms with van der Waals surface area (Å²) in [6.07, 6.45) is 3.24. The second kappa shape index (κ2) is 10.2. The maximum absolute atomic E-state index is 11.9. The largest absolute Gasteiger partial charge is 0.496 e. The molecule has 0 radical (unpaired) electrons. The van der Waals surface area contributed by atoms with Crippen molar-refractivity contribution in [2.75, 3.05) is 39.9 Å². The maximum Gasteiger partial charge on any atom is 0.236 e. The van der Waals surface area contributed by atoms with Crippen LogP contribution in [0.4, 0.5) is 0 Å². The molecule has 130 valence electrons. The Morgan fingerprint density at radius 2 is 1.83 bits per heavy atom. The Hall–Kier alpha value is -1.60. The molecule has 1 aromatic rings. The zero-order valence-electron chi connectivity index (χ0n) is 14.2. The molecule has 0 aliphatic rings. The first-order valence-electron chi connectivity index (χ1n) is 7.38. The molecule has 0 saturated heterocycles. The van der Waals surface area contributed by atoms with Crippen LogP contribution in [0.1, 0.15) is 12.0 Å². The summed E-state index contributed by atoms with van der Waals surface area (Å²) in [5.41, 5.74) is 6.72. The number of carbonyl (C=O) groups excluding carboxylic acids is 1. The van der Waals surface area contributed by atoms with Gasteiger partial charge in [-0.15, -0.1) is 0 Å². The molecule has 0 saturated carbocycles. The Kier molecular flexibility index (Phi) is 8.65. The monoisotopic (exact) mass is 342 g/mol. The third kappa shape index (κ3) is 5.84. The molecule has 0 unspecified atom stereocenters. The van der Waals surface area contributed by atoms with Gasteiger partial charge in [0.2, 0.25) is 5.91 Å². The molecular formula is C16H26N2O4S. The van der Waals surface area contributed by atoms with E-state index in [2.05, 4.69) is 5.32 Å². The number of nitrogens with one attached hydrogen (secondary N) is 1. The van der Waals surface area contributed by atoms with E-state index in [4.69, 9.17) is 19.9 Å². The van der Waals surface area contributed by atoms with E-state index < -0.39 is 6.04 Å². The molecule has 6 nitrogen and oxygen atoms in total. The minimum atomic E-state index is -0.470. The molecule has 23 heavy (non-hydrogen) atoms. The summed E-state index contributed by atoms with van der Waals surface area (Å²) in [4.78, 5) is 11.9. The van der Waals surface area contributed by atoms with Crippen molar-refractivity contribution >= 4 is 17.7 Å². The minimum absolute atomic E-state index is 0.134. The van der Waals surface area contributed by atoms with E-state index >= 15 is 0 Å². The highest BCUT2D eigenvalue weighted by molar-refractivity contribution is 7.98. The molecular weight excluding hydrogens is 316 g/mol. The van der Waals surface area contributed by atoms with Crippen LogP contribution in [0.25, 0.3) is 0 Å². The fourth-order valence-corrected chi connectivity index (χ4v) is 2.63. The summed E-state index contributed by atoms with van der Waals surface area (Å²) in [5, 5.41) is 2.86. The average molecular weight is 342 g/mol. The SMILES string of the molecule is COc1cc(OC)c(CCNC(=O)[C@@H](N)CCSC)c(OC)c1. The van der Waals surface area contributed by atoms with Crippen molar-refractivity contribution in [2.24, 2.45) is 5.73 Å². The summed E-state index contributed by atoms with van der Waals surface area (Å²) in [7, 11) is 4.77. The standard InChI is InChI=1S/C16H26N2O4S/c1-20-11-9-14(21-2)12(15(10-11)22-3)5-7-18-16(19)13(17)6-8-23-4/h9-10,13H,5-8,17H2,1-4H3,(H,18,19)/t13-/m0/s1. The van der Waals surface area contributed by atoms with Gasteiger partial charge in [0.25, 0.3) is 0 Å². The van der Waals surface area contributed by atoms with Crippen molar-refractivity contribution in [1.82, 2.24) is 5.32 Å². The molecule has 1 aromatic carbocycles. The van der Waals surface area contributed by atoms with Gasteiger partial charge in [-0.25, -0.2) is 0 Å². The van der Waals surface area contributed by atoms with Crippen molar-refractivity contribution in [3.05, 3.63) is 17.7 Å². The van der Waals surface area contributed by atoms with Gasteiger partial charge in [-0.3, -0.25) is 4.79 Å². The summed E-state index contributed by atoms with van der Waals surface area (Å²) in [5.74, 6) is 2.73. The normalized spacial score (nSPS) is 11.7. The van der Waals surface area contributed by atoms with Crippen molar-refractivity contribution in [1.29, 1.82) is 0 Å². The van der Waals surface area contributed by atoms with Gasteiger partial charge < -0.3 is 25.3 Å². The Balaban J connectivity index is 2.68. The summed E-state index contributed by atoms with van der Waals surface area (Å²) in [6, 6.07) is 3.12. The quantitative estimate of drug-likeness (QED) is 0.670. The summed E-state index contributed by atoms with van der Waals surface area (Å²) in [6.45, 7) is 0.463. The second-order valence-corrected chi connectivity index (χ2v) is 5.93. The number of amides is 1. The molecule has 0 aromatic heterocycles. The molecule has 0 spiro atoms. The molecule has 0 aliphatic carbocycles. The molecule has 3 N–H and O–H groups in total. The predicted octanol–water partition coefficient (Wildman–Crippen LogP) is 1.45. The molecule has 0 fully saturated rings. The first-order chi connectivity index (χ1) is 11.1. The topological polar surface area (TPSA) is 82.8 Å². The smallest absolute Gasteiger partial charge is 0.236 e. The van der Waals surface area contributed by atoms with Gasteiger partial charge in [0, 0.05) is 24.2 Å². The number of hydrogen-bond acceptors (Lipinski definition) is 6. The fourth-order valence-electron chi connectivity index (χ4n) is 2.14. The number of ether oxygens (including phenoxy) is 3. The van der Waals surface area contributed by atoms with Crippen LogP contribution in [0.15, 0.2) is 12.1 Å². The predicted molar refractivity (Wildman–Crippen MR) is 93.8 cm³/mol. The lowest BCUT2D eigenvalue weighted by molar-refractivity contribution is -0.122. The van der Waals surface area contributed by atoms with Crippen LogP contribution < -0.4 is 25.3 Å². The van der Waals surface area contributed by atoms with E-state index in [-0.39, 0.29) is 5.91 Å². The van der Waals surface area contributed by atoms with Gasteiger partial charge in [-0.2, -0.15) is 11.8 Å². The highest BCUT2D eigenvalue weighted by Crippen LogP contribution is 2.34. The Morgan fingerprint density at radius 3 is 2.30 bits per heavy atom. The van der Waals surface area contributed by atoms with Crippen molar-refractivity contribution in [3.8, 4) is 17.2 Å². The van der Waals surface area contributed by atoms with Gasteiger partial charge in [0.15, 0.2) is 0 Å². The third-order valence-corrected chi connectivity index (χ3v) is 4.11. The van der Waals surface area contributed by atoms with Gasteiger partial charge in [-0.05, 0) is 24.9 Å². The number of thioether (sulfide) groups is 1. The zero-order chi connectivity index (χ0) is 17.2. The number of methoxy groups -OCH3 is 3. The molecule has 7 heteroatoms. The molecule has 0 bridgehead atoms. The first kappa shape index (κ1) is 19.4. The van der Waals surface area contributed by atoms with Gasteiger partial charge in [-0.1, -0.05) is 0 Å². The van der Waals surface area contributed by atoms with Crippen LogP contribution >= 0.6 is 11.8 Å². The van der Waals surface area contributed by atoms with Crippen molar-refractivity contribution in [3.63, 3.8) is 0 Å². The maximum atomic E-state index is 11.9. The van der Waals surface area contributed by atoms with E-state index in [9.17, 15) is 4.79 Å². The second-order valence-electron chi connectivity index (χ2n) is 4.94. The molecule has 0 heterocycles. The Bertz CT molecular complexity index is 486. The minimum Gasteiger partial charge on any atom is -0.496 e. The lowest BCUT2D eigenvalue weighted by atomic mass is 10.1. The van der Waals surface area contributed by atoms with Gasteiger partial charge >= 0.3 is 0 Å². The molecule has 1 amide bonds. The Labute approximate surface area is 142 Å². The van der Waals surface area contributed by atoms with Crippen molar-refractivity contribution in [2.45, 2.75) is 18.9 Å². The van der Waals surface area contributed by atoms with Crippen LogP contribution in [0.3, 0.4) is 0 Å². The average Bonchev–Trinajstić information content (AvgIpc) is 2.58. The number of carbonyl (C=O) groups is 1. The summed E-state index contributed by atoms with van der Waals surface area (Å²) < 4.78 is 16.0. The van der Waals surface area contributed by atoms with E-state index in [1.165, 1.54) is 0 Å². The lowest BCUT2D eigenvalue weighted by Gasteiger charge is -2.16. The first-order valence-corrected chi connectivity index (χ1v) is 8.77. The Morgan fingerprint density at radius 1 is 1.22 bits per heavy atom. The summed E-state index contributed by atoms with van der Waals surface area (Å²) >= 11 is 1.68. The van der Waals surface area contributed by atoms with E-state index in [0.29, 0.717) is 36.6 Å². The van der Waals surface area contributed by atoms with Gasteiger partial charge in [0.05, 0.1) is 27.4 Å². The van der Waals surface area contributed by atoms with E-state index in [0.717, 1.165) is 11.3 Å². The molecule has 0 aliphatic heterocycles. The zero-order valence-corrected chi connectivity index (χ0v) is 15.0. The molecule has 1 rings (SSSR count). The van der Waals surface area contributed by atoms with Crippen LogP contribution in [0.5, 0.6) is 17.2 Å². The fraction of sp³-hybridized carbons (Fsp3) is 0.562. The number of hydrogen-bond donors (Lipinski definition) is 2. The lowest BCUT2D eigenvalue weighted by Crippen LogP contribution is -2.41. The van der Waals surface area contributed by atoms with Gasteiger partial charge in [0.1, 0.15) is 17.2 Å². The van der Waals surface area contributed by atoms with Crippen molar-refractivity contribution < 1.29 is 19.0 Å². The third-order valence-electron chi connectivity index (χ3n) is 3.46. The van der Waals surface area contributed by atoms with Crippen LogP contribution in [0.2, 0.25) is 0 Å². The van der Waals surface area contributed by atoms with Crippen LogP contribution in [0, 0.1) is 0 Å². The van der Waals surface area contributed by atoms with E-state index in [1.807, 2.05) is 6.26 Å². The number of benzene rings is 1. The van der Waals surface area contributed by atoms with Crippen LogP contribution in [-0.4, -0.2) is 51.8 Å².